The van der Waals surface area contributed by atoms with Crippen molar-refractivity contribution in [2.45, 2.75) is 360 Å². The average Bonchev–Trinajstić information content (AvgIpc) is 3.44. The van der Waals surface area contributed by atoms with Crippen molar-refractivity contribution >= 4 is 17.9 Å². The lowest BCUT2D eigenvalue weighted by atomic mass is 10.0. The van der Waals surface area contributed by atoms with E-state index in [-0.39, 0.29) is 32.2 Å². The molecule has 476 valence electrons. The minimum absolute atomic E-state index is 0.151. The first kappa shape index (κ1) is 78.5. The first-order valence-corrected chi connectivity index (χ1v) is 35.1. The lowest BCUT2D eigenvalue weighted by Gasteiger charge is -2.26. The number of nitrogens with zero attached hydrogens (tertiary/aromatic N) is 1. The molecular formula is C72H135NO8. The molecule has 0 radical (unpaired) electrons. The molecule has 0 heterocycles. The Bertz CT molecular complexity index is 1420. The van der Waals surface area contributed by atoms with Crippen molar-refractivity contribution in [2.24, 2.45) is 0 Å². The maximum absolute atomic E-state index is 12.9. The molecule has 0 aliphatic heterocycles. The number of esters is 2. The maximum atomic E-state index is 12.9. The Labute approximate surface area is 502 Å². The van der Waals surface area contributed by atoms with E-state index in [2.05, 4.69) is 50.3 Å². The molecule has 0 fully saturated rings. The molecular weight excluding hydrogens is 1010 g/mol. The second-order valence-electron chi connectivity index (χ2n) is 25.2. The van der Waals surface area contributed by atoms with Crippen LogP contribution in [0, 0.1) is 0 Å². The van der Waals surface area contributed by atoms with Gasteiger partial charge in [-0.25, -0.2) is 0 Å². The number of likely N-dealkylation sites (N-methyl/N-ethyl adjacent to an activating group) is 1. The summed E-state index contributed by atoms with van der Waals surface area (Å²) < 4.78 is 22.8. The minimum atomic E-state index is -1.62. The van der Waals surface area contributed by atoms with E-state index in [1.54, 1.807) is 0 Å². The first-order chi connectivity index (χ1) is 39.6. The highest BCUT2D eigenvalue weighted by molar-refractivity contribution is 5.70. The molecule has 0 aromatic heterocycles. The lowest BCUT2D eigenvalue weighted by molar-refractivity contribution is -0.870. The van der Waals surface area contributed by atoms with Crippen molar-refractivity contribution in [1.29, 1.82) is 0 Å². The van der Waals surface area contributed by atoms with Crippen LogP contribution >= 0.6 is 0 Å². The molecule has 0 amide bonds. The third-order valence-corrected chi connectivity index (χ3v) is 15.9. The average molecular weight is 1140 g/mol. The molecule has 0 N–H and O–H groups in total. The zero-order valence-electron chi connectivity index (χ0n) is 54.4. The number of carboxylic acid groups (broad SMARTS) is 1. The molecule has 9 heteroatoms. The molecule has 2 unspecified atom stereocenters. The maximum Gasteiger partial charge on any atom is 0.306 e. The van der Waals surface area contributed by atoms with Crippen molar-refractivity contribution in [3.8, 4) is 0 Å². The van der Waals surface area contributed by atoms with Crippen molar-refractivity contribution < 1.29 is 42.9 Å². The quantitative estimate of drug-likeness (QED) is 0.0195. The molecule has 0 aromatic rings. The van der Waals surface area contributed by atoms with Crippen LogP contribution in [0.3, 0.4) is 0 Å². The van der Waals surface area contributed by atoms with Crippen LogP contribution < -0.4 is 5.11 Å². The Balaban J connectivity index is 4.06. The van der Waals surface area contributed by atoms with E-state index in [1.165, 1.54) is 270 Å². The lowest BCUT2D eigenvalue weighted by Crippen LogP contribution is -2.44. The van der Waals surface area contributed by atoms with Crippen LogP contribution in [0.25, 0.3) is 0 Å². The van der Waals surface area contributed by atoms with Gasteiger partial charge in [0.05, 0.1) is 40.3 Å². The molecule has 0 aliphatic rings. The summed E-state index contributed by atoms with van der Waals surface area (Å²) in [5.41, 5.74) is 0. The Morgan fingerprint density at radius 2 is 0.667 bits per heavy atom. The van der Waals surface area contributed by atoms with Crippen LogP contribution in [0.1, 0.15) is 348 Å². The van der Waals surface area contributed by atoms with E-state index in [4.69, 9.17) is 18.9 Å². The Morgan fingerprint density at radius 1 is 0.370 bits per heavy atom. The van der Waals surface area contributed by atoms with Gasteiger partial charge in [-0.2, -0.15) is 0 Å². The number of allylic oxidation sites excluding steroid dienone is 6. The summed E-state index contributed by atoms with van der Waals surface area (Å²) in [5, 5.41) is 11.8. The van der Waals surface area contributed by atoms with Crippen LogP contribution in [0.15, 0.2) is 36.5 Å². The molecule has 0 bridgehead atoms. The van der Waals surface area contributed by atoms with Crippen molar-refractivity contribution in [2.75, 3.05) is 47.5 Å². The molecule has 0 saturated heterocycles. The van der Waals surface area contributed by atoms with E-state index >= 15 is 0 Å². The van der Waals surface area contributed by atoms with Gasteiger partial charge in [0.15, 0.2) is 12.4 Å². The monoisotopic (exact) mass is 1140 g/mol. The van der Waals surface area contributed by atoms with Gasteiger partial charge < -0.3 is 33.3 Å². The zero-order valence-corrected chi connectivity index (χ0v) is 54.4. The summed E-state index contributed by atoms with van der Waals surface area (Å²) in [6.45, 7) is 4.81. The fraction of sp³-hybridized carbons (Fsp3) is 0.875. The van der Waals surface area contributed by atoms with Crippen LogP contribution in [0.5, 0.6) is 0 Å². The van der Waals surface area contributed by atoms with Gasteiger partial charge in [0, 0.05) is 12.8 Å². The Kier molecular flexibility index (Phi) is 61.6. The number of hydrogen-bond donors (Lipinski definition) is 0. The van der Waals surface area contributed by atoms with E-state index in [0.29, 0.717) is 17.4 Å². The Hall–Kier alpha value is -2.49. The molecule has 0 saturated carbocycles. The molecule has 0 aromatic carbocycles. The van der Waals surface area contributed by atoms with Gasteiger partial charge in [-0.1, -0.05) is 320 Å². The smallest absolute Gasteiger partial charge is 0.306 e. The van der Waals surface area contributed by atoms with Crippen LogP contribution in [0.4, 0.5) is 0 Å². The van der Waals surface area contributed by atoms with Crippen molar-refractivity contribution in [1.82, 2.24) is 0 Å². The van der Waals surface area contributed by atoms with E-state index in [0.717, 1.165) is 51.4 Å². The fourth-order valence-electron chi connectivity index (χ4n) is 10.5. The van der Waals surface area contributed by atoms with Crippen molar-refractivity contribution in [3.05, 3.63) is 36.5 Å². The molecule has 9 nitrogen and oxygen atoms in total. The number of carbonyl (C=O) groups excluding carboxylic acids is 3. The van der Waals surface area contributed by atoms with E-state index in [9.17, 15) is 19.5 Å². The van der Waals surface area contributed by atoms with Crippen LogP contribution in [-0.4, -0.2) is 82.3 Å². The largest absolute Gasteiger partial charge is 0.545 e. The Morgan fingerprint density at radius 3 is 0.988 bits per heavy atom. The highest BCUT2D eigenvalue weighted by Crippen LogP contribution is 2.19. The summed E-state index contributed by atoms with van der Waals surface area (Å²) in [6.07, 6.45) is 76.6. The van der Waals surface area contributed by atoms with Crippen LogP contribution in [-0.2, 0) is 33.3 Å². The van der Waals surface area contributed by atoms with Gasteiger partial charge >= 0.3 is 11.9 Å². The second-order valence-corrected chi connectivity index (χ2v) is 25.2. The van der Waals surface area contributed by atoms with Gasteiger partial charge in [0.1, 0.15) is 13.2 Å². The number of ether oxygens (including phenoxy) is 4. The summed E-state index contributed by atoms with van der Waals surface area (Å²) in [7, 11) is 5.94. The fourth-order valence-corrected chi connectivity index (χ4v) is 10.5. The third kappa shape index (κ3) is 64.9. The number of hydrogen-bond acceptors (Lipinski definition) is 8. The second kappa shape index (κ2) is 63.5. The summed E-state index contributed by atoms with van der Waals surface area (Å²) in [6, 6.07) is 0. The number of aliphatic carboxylic acids is 1. The zero-order chi connectivity index (χ0) is 59.1. The predicted octanol–water partition coefficient (Wildman–Crippen LogP) is 20.3. The topological polar surface area (TPSA) is 111 Å². The molecule has 81 heavy (non-hydrogen) atoms. The van der Waals surface area contributed by atoms with Gasteiger partial charge in [-0.3, -0.25) is 9.59 Å². The molecule has 0 rings (SSSR count). The molecule has 0 aliphatic carbocycles. The normalized spacial score (nSPS) is 12.9. The highest BCUT2D eigenvalue weighted by atomic mass is 16.7. The summed E-state index contributed by atoms with van der Waals surface area (Å²) >= 11 is 0. The predicted molar refractivity (Wildman–Crippen MR) is 343 cm³/mol. The van der Waals surface area contributed by atoms with Crippen LogP contribution in [0.2, 0.25) is 0 Å². The first-order valence-electron chi connectivity index (χ1n) is 35.1. The molecule has 0 spiro atoms. The third-order valence-electron chi connectivity index (χ3n) is 15.9. The van der Waals surface area contributed by atoms with E-state index in [1.807, 2.05) is 21.1 Å². The number of carboxylic acids is 1. The standard InChI is InChI=1S/C72H135NO8/c1-6-8-10-12-14-16-18-20-22-24-26-28-30-31-32-33-34-35-36-37-38-39-41-43-45-47-49-51-53-55-57-59-61-63-70(75)81-68(67-80-72(71(76)77)78-65-64-73(3,4)5)66-79-69(74)62-60-58-56-54-52-50-48-46-44-42-40-29-27-25-23-21-19-17-15-13-11-9-7-2/h18,20,24,26,30-31,68,72H,6-17,19,21-23,25,27-29,32-67H2,1-5H3/b20-18-,26-24-,31-30-. The van der Waals surface area contributed by atoms with Crippen molar-refractivity contribution in [3.63, 3.8) is 0 Å². The van der Waals surface area contributed by atoms with Gasteiger partial charge in [-0.15, -0.1) is 0 Å². The SMILES string of the molecule is CCCCCCC/C=C\C/C=C\C/C=C\CCCCCCCCCCCCCCCCCCCCC(=O)OC(COC(=O)CCCCCCCCCCCCCCCCCCCCCCCCC)COC(OCC[N+](C)(C)C)C(=O)[O-]. The summed E-state index contributed by atoms with van der Waals surface area (Å²) in [4.78, 5) is 37.5. The number of carbonyl (C=O) groups is 3. The van der Waals surface area contributed by atoms with E-state index < -0.39 is 24.3 Å². The van der Waals surface area contributed by atoms with Gasteiger partial charge in [-0.05, 0) is 51.4 Å². The van der Waals surface area contributed by atoms with Gasteiger partial charge in [0.2, 0.25) is 0 Å². The molecule has 2 atom stereocenters. The number of rotatable bonds is 66. The van der Waals surface area contributed by atoms with Gasteiger partial charge in [0.25, 0.3) is 0 Å². The minimum Gasteiger partial charge on any atom is -0.545 e. The highest BCUT2D eigenvalue weighted by Gasteiger charge is 2.22. The summed E-state index contributed by atoms with van der Waals surface area (Å²) in [5.74, 6) is -2.25. The number of quaternary nitrogens is 1. The number of unbranched alkanes of at least 4 members (excludes halogenated alkanes) is 45.